The largest absolute Gasteiger partial charge is 0.492 e. The van der Waals surface area contributed by atoms with E-state index in [0.717, 1.165) is 74.6 Å². The number of amides is 3. The lowest BCUT2D eigenvalue weighted by molar-refractivity contribution is 0.0967. The third-order valence-electron chi connectivity index (χ3n) is 6.94. The fourth-order valence-electron chi connectivity index (χ4n) is 4.88. The van der Waals surface area contributed by atoms with Crippen LogP contribution in [0.2, 0.25) is 5.02 Å². The molecule has 2 aromatic carbocycles. The Balaban J connectivity index is 1.24. The van der Waals surface area contributed by atoms with E-state index in [2.05, 4.69) is 49.5 Å². The van der Waals surface area contributed by atoms with E-state index in [1.165, 1.54) is 16.9 Å². The van der Waals surface area contributed by atoms with E-state index in [1.54, 1.807) is 12.1 Å². The molecule has 0 radical (unpaired) electrons. The summed E-state index contributed by atoms with van der Waals surface area (Å²) in [7, 11) is 2.15. The molecule has 0 saturated carbocycles. The maximum Gasteiger partial charge on any atom is 0.327 e. The molecule has 9 nitrogen and oxygen atoms in total. The van der Waals surface area contributed by atoms with Crippen LogP contribution in [0.15, 0.2) is 30.3 Å². The molecule has 0 unspecified atom stereocenters. The Morgan fingerprint density at radius 2 is 1.84 bits per heavy atom. The summed E-state index contributed by atoms with van der Waals surface area (Å²) in [5.41, 5.74) is 3.07. The Morgan fingerprint density at radius 1 is 1.08 bits per heavy atom. The van der Waals surface area contributed by atoms with Gasteiger partial charge in [0.1, 0.15) is 5.75 Å². The van der Waals surface area contributed by atoms with E-state index < -0.39 is 11.9 Å². The summed E-state index contributed by atoms with van der Waals surface area (Å²) in [4.78, 5) is 37.2. The average Bonchev–Trinajstić information content (AvgIpc) is 3.55. The second-order valence-corrected chi connectivity index (χ2v) is 11.2. The molecule has 3 amide bonds. The molecule has 0 atom stereocenters. The van der Waals surface area contributed by atoms with Crippen LogP contribution in [0.3, 0.4) is 0 Å². The van der Waals surface area contributed by atoms with Crippen molar-refractivity contribution in [3.8, 4) is 5.75 Å². The van der Waals surface area contributed by atoms with Crippen LogP contribution in [0.1, 0.15) is 35.7 Å². The highest BCUT2D eigenvalue weighted by molar-refractivity contribution is 7.22. The number of carbonyl (C=O) groups is 2. The number of nitrogens with zero attached hydrogens (tertiary/aromatic N) is 4. The molecule has 3 aromatic rings. The number of piperazine rings is 1. The van der Waals surface area contributed by atoms with Gasteiger partial charge < -0.3 is 14.5 Å². The normalized spacial score (nSPS) is 16.7. The summed E-state index contributed by atoms with van der Waals surface area (Å²) >= 11 is 7.80. The van der Waals surface area contributed by atoms with Gasteiger partial charge in [-0.25, -0.2) is 9.78 Å². The SMILES string of the molecule is CCOc1cc(Cl)c(C(=O)NC(=O)Nc2nc3ccc(CN4CCN(C)CC4)cc3s2)cc1N1CCCC1. The number of thiazole rings is 1. The molecule has 2 saturated heterocycles. The first-order valence-electron chi connectivity index (χ1n) is 13.0. The summed E-state index contributed by atoms with van der Waals surface area (Å²) in [6.45, 7) is 9.32. The lowest BCUT2D eigenvalue weighted by atomic mass is 10.1. The summed E-state index contributed by atoms with van der Waals surface area (Å²) in [5.74, 6) is 0.0634. The zero-order valence-electron chi connectivity index (χ0n) is 21.8. The first kappa shape index (κ1) is 26.7. The zero-order valence-corrected chi connectivity index (χ0v) is 23.3. The van der Waals surface area contributed by atoms with Crippen LogP contribution in [0.25, 0.3) is 10.2 Å². The second-order valence-electron chi connectivity index (χ2n) is 9.74. The minimum Gasteiger partial charge on any atom is -0.492 e. The Morgan fingerprint density at radius 3 is 2.58 bits per heavy atom. The molecule has 1 aromatic heterocycles. The van der Waals surface area contributed by atoms with Crippen molar-refractivity contribution in [2.75, 3.05) is 63.1 Å². The van der Waals surface area contributed by atoms with Crippen molar-refractivity contribution in [3.63, 3.8) is 0 Å². The number of hydrogen-bond acceptors (Lipinski definition) is 8. The molecule has 3 heterocycles. The number of carbonyl (C=O) groups excluding carboxylic acids is 2. The summed E-state index contributed by atoms with van der Waals surface area (Å²) < 4.78 is 6.75. The molecule has 38 heavy (non-hydrogen) atoms. The highest BCUT2D eigenvalue weighted by atomic mass is 35.5. The molecule has 0 aliphatic carbocycles. The summed E-state index contributed by atoms with van der Waals surface area (Å²) in [6, 6.07) is 8.89. The number of aromatic nitrogens is 1. The number of fused-ring (bicyclic) bond motifs is 1. The molecule has 2 N–H and O–H groups in total. The predicted octanol–water partition coefficient (Wildman–Crippen LogP) is 4.66. The van der Waals surface area contributed by atoms with Crippen LogP contribution >= 0.6 is 22.9 Å². The number of hydrogen-bond donors (Lipinski definition) is 2. The van der Waals surface area contributed by atoms with Crippen molar-refractivity contribution in [1.82, 2.24) is 20.1 Å². The number of benzene rings is 2. The standard InChI is InChI=1S/C27H33ClN6O3S/c1-3-37-23-16-20(28)19(15-22(23)34-8-4-5-9-34)25(35)30-26(36)31-27-29-21-7-6-18(14-24(21)38-27)17-33-12-10-32(2)11-13-33/h6-7,14-16H,3-5,8-13,17H2,1-2H3,(H2,29,30,31,35,36). The third-order valence-corrected chi connectivity index (χ3v) is 8.19. The molecule has 0 spiro atoms. The molecule has 0 bridgehead atoms. The van der Waals surface area contributed by atoms with Crippen molar-refractivity contribution in [1.29, 1.82) is 0 Å². The van der Waals surface area contributed by atoms with Gasteiger partial charge >= 0.3 is 6.03 Å². The number of urea groups is 1. The van der Waals surface area contributed by atoms with E-state index in [0.29, 0.717) is 17.5 Å². The number of anilines is 2. The van der Waals surface area contributed by atoms with Gasteiger partial charge in [-0.2, -0.15) is 0 Å². The molecular formula is C27H33ClN6O3S. The predicted molar refractivity (Wildman–Crippen MR) is 153 cm³/mol. The number of likely N-dealkylation sites (N-methyl/N-ethyl adjacent to an activating group) is 1. The van der Waals surface area contributed by atoms with Gasteiger partial charge in [0.15, 0.2) is 5.13 Å². The number of imide groups is 1. The highest BCUT2D eigenvalue weighted by Crippen LogP contribution is 2.36. The maximum atomic E-state index is 13.0. The van der Waals surface area contributed by atoms with Gasteiger partial charge in [0.2, 0.25) is 0 Å². The van der Waals surface area contributed by atoms with Crippen molar-refractivity contribution in [3.05, 3.63) is 46.5 Å². The van der Waals surface area contributed by atoms with Gasteiger partial charge in [-0.05, 0) is 50.6 Å². The van der Waals surface area contributed by atoms with Crippen LogP contribution in [0, 0.1) is 0 Å². The number of nitrogens with one attached hydrogen (secondary N) is 2. The average molecular weight is 557 g/mol. The van der Waals surface area contributed by atoms with Crippen LogP contribution in [0.5, 0.6) is 5.75 Å². The van der Waals surface area contributed by atoms with Gasteiger partial charge in [0.25, 0.3) is 5.91 Å². The number of ether oxygens (including phenoxy) is 1. The monoisotopic (exact) mass is 556 g/mol. The molecular weight excluding hydrogens is 524 g/mol. The van der Waals surface area contributed by atoms with Crippen LogP contribution < -0.4 is 20.3 Å². The molecule has 2 fully saturated rings. The fourth-order valence-corrected chi connectivity index (χ4v) is 6.04. The second kappa shape index (κ2) is 11.9. The Hall–Kier alpha value is -2.92. The molecule has 5 rings (SSSR count). The summed E-state index contributed by atoms with van der Waals surface area (Å²) in [5, 5.41) is 5.75. The Labute approximate surface area is 231 Å². The lowest BCUT2D eigenvalue weighted by Gasteiger charge is -2.32. The smallest absolute Gasteiger partial charge is 0.327 e. The van der Waals surface area contributed by atoms with Crippen molar-refractivity contribution in [2.45, 2.75) is 26.3 Å². The van der Waals surface area contributed by atoms with E-state index >= 15 is 0 Å². The highest BCUT2D eigenvalue weighted by Gasteiger charge is 2.23. The fraction of sp³-hybridized carbons (Fsp3) is 0.444. The molecule has 11 heteroatoms. The van der Waals surface area contributed by atoms with E-state index in [9.17, 15) is 9.59 Å². The third kappa shape index (κ3) is 6.20. The minimum absolute atomic E-state index is 0.227. The van der Waals surface area contributed by atoms with E-state index in [-0.39, 0.29) is 10.6 Å². The van der Waals surface area contributed by atoms with E-state index in [4.69, 9.17) is 16.3 Å². The lowest BCUT2D eigenvalue weighted by Crippen LogP contribution is -2.43. The van der Waals surface area contributed by atoms with Crippen LogP contribution in [0.4, 0.5) is 15.6 Å². The Kier molecular flexibility index (Phi) is 8.32. The summed E-state index contributed by atoms with van der Waals surface area (Å²) in [6.07, 6.45) is 2.16. The maximum absolute atomic E-state index is 13.0. The Bertz CT molecular complexity index is 1320. The van der Waals surface area contributed by atoms with E-state index in [1.807, 2.05) is 13.0 Å². The minimum atomic E-state index is -0.653. The van der Waals surface area contributed by atoms with Gasteiger partial charge in [-0.1, -0.05) is 29.0 Å². The van der Waals surface area contributed by atoms with Crippen LogP contribution in [-0.2, 0) is 6.54 Å². The molecule has 2 aliphatic heterocycles. The number of rotatable bonds is 7. The molecule has 202 valence electrons. The van der Waals surface area contributed by atoms with Gasteiger partial charge in [0, 0.05) is 51.9 Å². The van der Waals surface area contributed by atoms with Gasteiger partial charge in [0.05, 0.1) is 33.1 Å². The van der Waals surface area contributed by atoms with Gasteiger partial charge in [-0.15, -0.1) is 0 Å². The van der Waals surface area contributed by atoms with Crippen molar-refractivity contribution < 1.29 is 14.3 Å². The first-order valence-corrected chi connectivity index (χ1v) is 14.2. The number of halogens is 1. The zero-order chi connectivity index (χ0) is 26.6. The van der Waals surface area contributed by atoms with Crippen molar-refractivity contribution >= 4 is 55.9 Å². The molecule has 2 aliphatic rings. The first-order chi connectivity index (χ1) is 18.4. The topological polar surface area (TPSA) is 90.0 Å². The van der Waals surface area contributed by atoms with Crippen molar-refractivity contribution in [2.24, 2.45) is 0 Å². The van der Waals surface area contributed by atoms with Gasteiger partial charge in [-0.3, -0.25) is 20.3 Å². The quantitative estimate of drug-likeness (QED) is 0.437. The van der Waals surface area contributed by atoms with Crippen LogP contribution in [-0.4, -0.2) is 79.6 Å².